The molecule has 2 aromatic rings. The van der Waals surface area contributed by atoms with Crippen molar-refractivity contribution in [2.75, 3.05) is 0 Å². The molecule has 0 saturated heterocycles. The predicted molar refractivity (Wildman–Crippen MR) is 105 cm³/mol. The molecule has 0 radical (unpaired) electrons. The molecule has 0 N–H and O–H groups in total. The van der Waals surface area contributed by atoms with Crippen LogP contribution in [0.2, 0.25) is 0 Å². The number of benzene rings is 2. The van der Waals surface area contributed by atoms with E-state index in [0.717, 1.165) is 0 Å². The first kappa shape index (κ1) is 16.8. The zero-order valence-corrected chi connectivity index (χ0v) is 14.9. The lowest BCUT2D eigenvalue weighted by Crippen LogP contribution is -2.16. The van der Waals surface area contributed by atoms with Crippen LogP contribution in [0.4, 0.5) is 0 Å². The molecule has 124 valence electrons. The first-order valence-electron chi connectivity index (χ1n) is 9.25. The van der Waals surface area contributed by atoms with Crippen molar-refractivity contribution in [3.8, 4) is 11.1 Å². The average molecular weight is 316 g/mol. The number of fused-ring (bicyclic) bond motifs is 3. The molecule has 2 aromatic carbocycles. The maximum absolute atomic E-state index is 4.11. The normalized spacial score (nSPS) is 15.9. The second-order valence-electron chi connectivity index (χ2n) is 6.89. The number of allylic oxidation sites excluding steroid dienone is 3. The number of hydrogen-bond acceptors (Lipinski definition) is 0. The Morgan fingerprint density at radius 1 is 1.00 bits per heavy atom. The molecular formula is C24H28. The molecule has 0 fully saturated rings. The Labute approximate surface area is 146 Å². The Hall–Kier alpha value is -2.08. The summed E-state index contributed by atoms with van der Waals surface area (Å²) in [6.07, 6.45) is 10.5. The lowest BCUT2D eigenvalue weighted by Gasteiger charge is -2.26. The number of unbranched alkanes of at least 4 members (excludes halogenated alkanes) is 2. The fraction of sp³-hybridized carbons (Fsp3) is 0.333. The van der Waals surface area contributed by atoms with Crippen LogP contribution in [0.25, 0.3) is 11.1 Å². The van der Waals surface area contributed by atoms with Gasteiger partial charge in [0.05, 0.1) is 0 Å². The van der Waals surface area contributed by atoms with Crippen LogP contribution in [0.5, 0.6) is 0 Å². The first-order valence-corrected chi connectivity index (χ1v) is 9.25. The van der Waals surface area contributed by atoms with E-state index < -0.39 is 0 Å². The van der Waals surface area contributed by atoms with E-state index in [4.69, 9.17) is 0 Å². The van der Waals surface area contributed by atoms with Crippen LogP contribution < -0.4 is 0 Å². The third-order valence-corrected chi connectivity index (χ3v) is 5.37. The largest absolute Gasteiger partial charge is 0.102 e. The van der Waals surface area contributed by atoms with Gasteiger partial charge in [-0.15, -0.1) is 6.58 Å². The molecule has 0 spiro atoms. The lowest BCUT2D eigenvalue weighted by atomic mass is 9.77. The van der Waals surface area contributed by atoms with E-state index in [1.165, 1.54) is 41.5 Å². The molecule has 2 unspecified atom stereocenters. The third kappa shape index (κ3) is 3.11. The topological polar surface area (TPSA) is 0 Å². The van der Waals surface area contributed by atoms with Gasteiger partial charge in [-0.1, -0.05) is 93.4 Å². The third-order valence-electron chi connectivity index (χ3n) is 5.37. The van der Waals surface area contributed by atoms with Gasteiger partial charge in [0.2, 0.25) is 0 Å². The van der Waals surface area contributed by atoms with Gasteiger partial charge in [-0.3, -0.25) is 0 Å². The Kier molecular flexibility index (Phi) is 5.35. The summed E-state index contributed by atoms with van der Waals surface area (Å²) in [4.78, 5) is 0. The molecule has 0 bridgehead atoms. The van der Waals surface area contributed by atoms with Crippen LogP contribution in [0, 0.1) is 11.8 Å². The van der Waals surface area contributed by atoms with E-state index in [9.17, 15) is 0 Å². The number of hydrogen-bond donors (Lipinski definition) is 0. The highest BCUT2D eigenvalue weighted by Gasteiger charge is 2.33. The zero-order valence-electron chi connectivity index (χ0n) is 14.9. The highest BCUT2D eigenvalue weighted by Crippen LogP contribution is 2.49. The summed E-state index contributed by atoms with van der Waals surface area (Å²) in [6.45, 7) is 8.73. The Balaban J connectivity index is 1.93. The summed E-state index contributed by atoms with van der Waals surface area (Å²) in [5, 5.41) is 0. The maximum Gasteiger partial charge on any atom is 0.0136 e. The monoisotopic (exact) mass is 316 g/mol. The van der Waals surface area contributed by atoms with Crippen molar-refractivity contribution in [2.45, 2.75) is 39.0 Å². The summed E-state index contributed by atoms with van der Waals surface area (Å²) in [5.41, 5.74) is 5.76. The van der Waals surface area contributed by atoms with Crippen molar-refractivity contribution in [1.29, 1.82) is 0 Å². The SMILES string of the molecule is C=CC(/C=C\CCCC)C(C)C1c2ccccc2-c2ccccc21. The minimum atomic E-state index is 0.408. The predicted octanol–water partition coefficient (Wildman–Crippen LogP) is 6.98. The van der Waals surface area contributed by atoms with Gasteiger partial charge < -0.3 is 0 Å². The van der Waals surface area contributed by atoms with Gasteiger partial charge in [0.1, 0.15) is 0 Å². The van der Waals surface area contributed by atoms with E-state index in [0.29, 0.717) is 17.8 Å². The molecular weight excluding hydrogens is 288 g/mol. The molecule has 0 saturated carbocycles. The van der Waals surface area contributed by atoms with Gasteiger partial charge in [-0.2, -0.15) is 0 Å². The van der Waals surface area contributed by atoms with Crippen LogP contribution in [0.3, 0.4) is 0 Å². The second-order valence-corrected chi connectivity index (χ2v) is 6.89. The molecule has 2 atom stereocenters. The molecule has 0 nitrogen and oxygen atoms in total. The summed E-state index contributed by atoms with van der Waals surface area (Å²) < 4.78 is 0. The van der Waals surface area contributed by atoms with Crippen LogP contribution in [-0.4, -0.2) is 0 Å². The van der Waals surface area contributed by atoms with Crippen molar-refractivity contribution >= 4 is 0 Å². The molecule has 1 aliphatic carbocycles. The van der Waals surface area contributed by atoms with Gasteiger partial charge in [0, 0.05) is 5.92 Å². The molecule has 0 aliphatic heterocycles. The van der Waals surface area contributed by atoms with Crippen LogP contribution in [-0.2, 0) is 0 Å². The zero-order chi connectivity index (χ0) is 16.9. The molecule has 3 rings (SSSR count). The lowest BCUT2D eigenvalue weighted by molar-refractivity contribution is 0.448. The van der Waals surface area contributed by atoms with Gasteiger partial charge in [0.15, 0.2) is 0 Å². The van der Waals surface area contributed by atoms with Crippen molar-refractivity contribution in [3.05, 3.63) is 84.5 Å². The average Bonchev–Trinajstić information content (AvgIpc) is 2.96. The minimum Gasteiger partial charge on any atom is -0.102 e. The smallest absolute Gasteiger partial charge is 0.0136 e. The van der Waals surface area contributed by atoms with Crippen LogP contribution >= 0.6 is 0 Å². The van der Waals surface area contributed by atoms with E-state index in [1.807, 2.05) is 0 Å². The molecule has 0 aromatic heterocycles. The van der Waals surface area contributed by atoms with Gasteiger partial charge >= 0.3 is 0 Å². The summed E-state index contributed by atoms with van der Waals surface area (Å²) in [7, 11) is 0. The van der Waals surface area contributed by atoms with Gasteiger partial charge in [-0.05, 0) is 40.5 Å². The van der Waals surface area contributed by atoms with Gasteiger partial charge in [-0.25, -0.2) is 0 Å². The fourth-order valence-corrected chi connectivity index (χ4v) is 4.03. The number of rotatable bonds is 7. The maximum atomic E-state index is 4.11. The molecule has 24 heavy (non-hydrogen) atoms. The minimum absolute atomic E-state index is 0.408. The fourth-order valence-electron chi connectivity index (χ4n) is 4.03. The Morgan fingerprint density at radius 3 is 2.12 bits per heavy atom. The van der Waals surface area contributed by atoms with Crippen molar-refractivity contribution in [1.82, 2.24) is 0 Å². The molecule has 0 amide bonds. The van der Waals surface area contributed by atoms with E-state index in [1.54, 1.807) is 0 Å². The van der Waals surface area contributed by atoms with Crippen LogP contribution in [0.15, 0.2) is 73.3 Å². The summed E-state index contributed by atoms with van der Waals surface area (Å²) in [6, 6.07) is 17.8. The van der Waals surface area contributed by atoms with Crippen molar-refractivity contribution in [2.24, 2.45) is 11.8 Å². The summed E-state index contributed by atoms with van der Waals surface area (Å²) in [5.74, 6) is 1.37. The Morgan fingerprint density at radius 2 is 1.58 bits per heavy atom. The standard InChI is InChI=1S/C24H28/c1-4-6-7-8-13-19(5-2)18(3)24-22-16-11-9-14-20(22)21-15-10-12-17-23(21)24/h5,8-19,24H,2,4,6-7H2,1,3H3/b13-8-. The van der Waals surface area contributed by atoms with Crippen LogP contribution in [0.1, 0.15) is 50.2 Å². The van der Waals surface area contributed by atoms with Crippen molar-refractivity contribution < 1.29 is 0 Å². The summed E-state index contributed by atoms with van der Waals surface area (Å²) >= 11 is 0. The molecule has 1 aliphatic rings. The highest BCUT2D eigenvalue weighted by atomic mass is 14.4. The van der Waals surface area contributed by atoms with Gasteiger partial charge in [0.25, 0.3) is 0 Å². The highest BCUT2D eigenvalue weighted by molar-refractivity contribution is 5.78. The molecule has 0 heterocycles. The molecule has 0 heteroatoms. The quantitative estimate of drug-likeness (QED) is 0.381. The van der Waals surface area contributed by atoms with E-state index in [-0.39, 0.29) is 0 Å². The first-order chi connectivity index (χ1) is 11.8. The van der Waals surface area contributed by atoms with Crippen molar-refractivity contribution in [3.63, 3.8) is 0 Å². The Bertz CT molecular complexity index is 677. The van der Waals surface area contributed by atoms with E-state index >= 15 is 0 Å². The second kappa shape index (κ2) is 7.66. The van der Waals surface area contributed by atoms with E-state index in [2.05, 4.69) is 87.2 Å².